The first-order valence-electron chi connectivity index (χ1n) is 10.4. The number of nitrogens with one attached hydrogen (secondary N) is 1. The molecule has 0 heterocycles. The van der Waals surface area contributed by atoms with Crippen molar-refractivity contribution in [3.8, 4) is 11.1 Å². The molecule has 1 spiro atoms. The zero-order chi connectivity index (χ0) is 20.0. The number of carboxylic acids is 1. The standard InChI is InChI=1S/C24H25NO4/c26-22(27)16-11-24(12-16)9-15(10-24)13-25-23(28)29-14-21-19-7-3-1-5-17(19)18-6-2-4-8-20(18)21/h1-8,15-16,21H,9-14H2,(H,25,28)(H,26,27). The van der Waals surface area contributed by atoms with Crippen LogP contribution in [0.2, 0.25) is 0 Å². The first-order chi connectivity index (χ1) is 14.0. The second-order valence-corrected chi connectivity index (χ2v) is 8.92. The Morgan fingerprint density at radius 3 is 2.14 bits per heavy atom. The van der Waals surface area contributed by atoms with E-state index in [2.05, 4.69) is 29.6 Å². The van der Waals surface area contributed by atoms with Crippen LogP contribution < -0.4 is 5.32 Å². The van der Waals surface area contributed by atoms with Crippen molar-refractivity contribution >= 4 is 12.1 Å². The molecule has 2 aromatic carbocycles. The number of carbonyl (C=O) groups is 2. The van der Waals surface area contributed by atoms with Gasteiger partial charge in [-0.2, -0.15) is 0 Å². The molecular formula is C24H25NO4. The van der Waals surface area contributed by atoms with E-state index < -0.39 is 5.97 Å². The number of benzene rings is 2. The van der Waals surface area contributed by atoms with Gasteiger partial charge in [0.05, 0.1) is 5.92 Å². The Kier molecular flexibility index (Phi) is 4.34. The van der Waals surface area contributed by atoms with E-state index in [0.29, 0.717) is 19.1 Å². The van der Waals surface area contributed by atoms with Gasteiger partial charge in [0.2, 0.25) is 0 Å². The highest BCUT2D eigenvalue weighted by Crippen LogP contribution is 2.61. The molecule has 150 valence electrons. The van der Waals surface area contributed by atoms with Gasteiger partial charge in [-0.25, -0.2) is 4.79 Å². The van der Waals surface area contributed by atoms with E-state index in [1.807, 2.05) is 24.3 Å². The number of carbonyl (C=O) groups excluding carboxylic acids is 1. The summed E-state index contributed by atoms with van der Waals surface area (Å²) >= 11 is 0. The fourth-order valence-electron chi connectivity index (χ4n) is 5.68. The molecule has 5 rings (SSSR count). The molecule has 3 aliphatic carbocycles. The molecule has 29 heavy (non-hydrogen) atoms. The lowest BCUT2D eigenvalue weighted by molar-refractivity contribution is -0.157. The van der Waals surface area contributed by atoms with Crippen LogP contribution in [-0.2, 0) is 9.53 Å². The molecule has 0 aliphatic heterocycles. The Hall–Kier alpha value is -2.82. The smallest absolute Gasteiger partial charge is 0.407 e. The van der Waals surface area contributed by atoms with Crippen LogP contribution in [0.15, 0.2) is 48.5 Å². The molecule has 0 radical (unpaired) electrons. The summed E-state index contributed by atoms with van der Waals surface area (Å²) in [5.41, 5.74) is 5.09. The lowest BCUT2D eigenvalue weighted by atomic mass is 9.48. The Morgan fingerprint density at radius 2 is 1.55 bits per heavy atom. The summed E-state index contributed by atoms with van der Waals surface area (Å²) < 4.78 is 5.57. The van der Waals surface area contributed by atoms with Crippen molar-refractivity contribution in [3.05, 3.63) is 59.7 Å². The monoisotopic (exact) mass is 391 g/mol. The Bertz CT molecular complexity index is 909. The van der Waals surface area contributed by atoms with Gasteiger partial charge in [-0.3, -0.25) is 4.79 Å². The minimum atomic E-state index is -0.671. The average Bonchev–Trinajstić information content (AvgIpc) is 2.97. The summed E-state index contributed by atoms with van der Waals surface area (Å²) in [4.78, 5) is 23.2. The fraction of sp³-hybridized carbons (Fsp3) is 0.417. The van der Waals surface area contributed by atoms with E-state index in [1.54, 1.807) is 0 Å². The minimum Gasteiger partial charge on any atom is -0.481 e. The summed E-state index contributed by atoms with van der Waals surface area (Å²) in [6.45, 7) is 0.935. The van der Waals surface area contributed by atoms with Crippen molar-refractivity contribution in [3.63, 3.8) is 0 Å². The molecule has 1 amide bonds. The maximum absolute atomic E-state index is 12.2. The molecule has 2 N–H and O–H groups in total. The second kappa shape index (κ2) is 6.90. The van der Waals surface area contributed by atoms with Gasteiger partial charge in [0.25, 0.3) is 0 Å². The molecule has 2 aromatic rings. The Morgan fingerprint density at radius 1 is 0.966 bits per heavy atom. The van der Waals surface area contributed by atoms with Crippen LogP contribution in [0.25, 0.3) is 11.1 Å². The summed E-state index contributed by atoms with van der Waals surface area (Å²) in [6, 6.07) is 16.6. The second-order valence-electron chi connectivity index (χ2n) is 8.92. The molecule has 2 fully saturated rings. The lowest BCUT2D eigenvalue weighted by Crippen LogP contribution is -2.52. The molecule has 5 nitrogen and oxygen atoms in total. The molecular weight excluding hydrogens is 366 g/mol. The van der Waals surface area contributed by atoms with Gasteiger partial charge in [-0.1, -0.05) is 48.5 Å². The van der Waals surface area contributed by atoms with Gasteiger partial charge in [-0.15, -0.1) is 0 Å². The van der Waals surface area contributed by atoms with Gasteiger partial charge in [0, 0.05) is 12.5 Å². The highest BCUT2D eigenvalue weighted by Gasteiger charge is 2.54. The number of rotatable bonds is 5. The number of fused-ring (bicyclic) bond motifs is 3. The van der Waals surface area contributed by atoms with E-state index in [4.69, 9.17) is 9.84 Å². The van der Waals surface area contributed by atoms with Gasteiger partial charge < -0.3 is 15.2 Å². The van der Waals surface area contributed by atoms with Gasteiger partial charge >= 0.3 is 12.1 Å². The van der Waals surface area contributed by atoms with Gasteiger partial charge in [0.1, 0.15) is 6.61 Å². The quantitative estimate of drug-likeness (QED) is 0.791. The first kappa shape index (κ1) is 18.2. The van der Waals surface area contributed by atoms with Crippen molar-refractivity contribution in [2.75, 3.05) is 13.2 Å². The number of aliphatic carboxylic acids is 1. The summed E-state index contributed by atoms with van der Waals surface area (Å²) in [5.74, 6) is -0.324. The molecule has 5 heteroatoms. The number of alkyl carbamates (subject to hydrolysis) is 1. The van der Waals surface area contributed by atoms with E-state index in [0.717, 1.165) is 25.7 Å². The van der Waals surface area contributed by atoms with Crippen LogP contribution in [0.5, 0.6) is 0 Å². The molecule has 0 unspecified atom stereocenters. The van der Waals surface area contributed by atoms with Crippen molar-refractivity contribution in [2.45, 2.75) is 31.6 Å². The van der Waals surface area contributed by atoms with Crippen LogP contribution >= 0.6 is 0 Å². The van der Waals surface area contributed by atoms with Crippen LogP contribution in [0.4, 0.5) is 4.79 Å². The van der Waals surface area contributed by atoms with E-state index >= 15 is 0 Å². The Balaban J connectivity index is 1.11. The minimum absolute atomic E-state index is 0.0723. The first-order valence-corrected chi connectivity index (χ1v) is 10.4. The summed E-state index contributed by atoms with van der Waals surface area (Å²) in [7, 11) is 0. The third kappa shape index (κ3) is 3.18. The molecule has 2 saturated carbocycles. The molecule has 0 bridgehead atoms. The summed E-state index contributed by atoms with van der Waals surface area (Å²) in [5, 5.41) is 11.9. The largest absolute Gasteiger partial charge is 0.481 e. The highest BCUT2D eigenvalue weighted by molar-refractivity contribution is 5.79. The van der Waals surface area contributed by atoms with Gasteiger partial charge in [0.15, 0.2) is 0 Å². The molecule has 3 aliphatic rings. The van der Waals surface area contributed by atoms with Crippen LogP contribution in [0.3, 0.4) is 0 Å². The predicted molar refractivity (Wildman–Crippen MR) is 109 cm³/mol. The number of hydrogen-bond donors (Lipinski definition) is 2. The molecule has 0 aromatic heterocycles. The van der Waals surface area contributed by atoms with E-state index in [1.165, 1.54) is 22.3 Å². The van der Waals surface area contributed by atoms with Crippen LogP contribution in [0.1, 0.15) is 42.7 Å². The maximum atomic E-state index is 12.2. The maximum Gasteiger partial charge on any atom is 0.407 e. The third-order valence-electron chi connectivity index (χ3n) is 7.03. The van der Waals surface area contributed by atoms with Crippen molar-refractivity contribution in [2.24, 2.45) is 17.3 Å². The number of amides is 1. The lowest BCUT2D eigenvalue weighted by Gasteiger charge is -2.56. The van der Waals surface area contributed by atoms with Crippen molar-refractivity contribution < 1.29 is 19.4 Å². The number of ether oxygens (including phenoxy) is 1. The zero-order valence-electron chi connectivity index (χ0n) is 16.3. The van der Waals surface area contributed by atoms with Crippen molar-refractivity contribution in [1.82, 2.24) is 5.32 Å². The number of hydrogen-bond acceptors (Lipinski definition) is 3. The normalized spacial score (nSPS) is 26.8. The zero-order valence-corrected chi connectivity index (χ0v) is 16.3. The summed E-state index contributed by atoms with van der Waals surface area (Å²) in [6.07, 6.45) is 3.25. The third-order valence-corrected chi connectivity index (χ3v) is 7.03. The van der Waals surface area contributed by atoms with Crippen molar-refractivity contribution in [1.29, 1.82) is 0 Å². The topological polar surface area (TPSA) is 75.6 Å². The number of carboxylic acid groups (broad SMARTS) is 1. The Labute approximate surface area is 170 Å². The molecule has 0 atom stereocenters. The van der Waals surface area contributed by atoms with Crippen LogP contribution in [-0.4, -0.2) is 30.3 Å². The average molecular weight is 391 g/mol. The van der Waals surface area contributed by atoms with E-state index in [-0.39, 0.29) is 23.3 Å². The highest BCUT2D eigenvalue weighted by atomic mass is 16.5. The van der Waals surface area contributed by atoms with Crippen LogP contribution in [0, 0.1) is 17.3 Å². The van der Waals surface area contributed by atoms with Gasteiger partial charge in [-0.05, 0) is 59.3 Å². The van der Waals surface area contributed by atoms with E-state index in [9.17, 15) is 9.59 Å². The SMILES string of the molecule is O=C(NCC1CC2(C1)CC(C(=O)O)C2)OCC1c2ccccc2-c2ccccc21. The predicted octanol–water partition coefficient (Wildman–Crippen LogP) is 4.42. The fourth-order valence-corrected chi connectivity index (χ4v) is 5.68. The molecule has 0 saturated heterocycles.